The van der Waals surface area contributed by atoms with Crippen molar-refractivity contribution in [3.8, 4) is 0 Å². The molecule has 0 atom stereocenters. The first-order chi connectivity index (χ1) is 14.7. The molecule has 7 nitrogen and oxygen atoms in total. The molecule has 0 aliphatic carbocycles. The Morgan fingerprint density at radius 1 is 1.10 bits per heavy atom. The highest BCUT2D eigenvalue weighted by molar-refractivity contribution is 7.91. The maximum atomic E-state index is 12.5. The number of aromatic nitrogens is 1. The molecule has 0 N–H and O–H groups in total. The van der Waals surface area contributed by atoms with Crippen LogP contribution in [-0.2, 0) is 36.5 Å². The Bertz CT molecular complexity index is 1300. The molecule has 1 aromatic heterocycles. The average Bonchev–Trinajstić information content (AvgIpc) is 3.04. The molecule has 0 spiro atoms. The van der Waals surface area contributed by atoms with E-state index in [1.54, 1.807) is 49.4 Å². The lowest BCUT2D eigenvalue weighted by molar-refractivity contribution is -0.143. The molecule has 11 heteroatoms. The van der Waals surface area contributed by atoms with Crippen LogP contribution < -0.4 is 4.80 Å². The fourth-order valence-corrected chi connectivity index (χ4v) is 5.79. The fourth-order valence-electron chi connectivity index (χ4n) is 2.89. The van der Waals surface area contributed by atoms with Gasteiger partial charge in [-0.3, -0.25) is 9.59 Å². The molecule has 1 amide bonds. The summed E-state index contributed by atoms with van der Waals surface area (Å²) >= 11 is 13.6. The number of amides is 1. The van der Waals surface area contributed by atoms with Crippen LogP contribution in [0.2, 0.25) is 10.0 Å². The van der Waals surface area contributed by atoms with E-state index in [2.05, 4.69) is 4.99 Å². The first-order valence-electron chi connectivity index (χ1n) is 9.15. The number of rotatable bonds is 7. The third-order valence-electron chi connectivity index (χ3n) is 4.11. The Kier molecular flexibility index (Phi) is 7.53. The molecule has 0 saturated carbocycles. The van der Waals surface area contributed by atoms with Gasteiger partial charge >= 0.3 is 5.97 Å². The van der Waals surface area contributed by atoms with Gasteiger partial charge in [-0.2, -0.15) is 4.99 Å². The van der Waals surface area contributed by atoms with E-state index in [1.807, 2.05) is 0 Å². The van der Waals surface area contributed by atoms with E-state index in [9.17, 15) is 18.0 Å². The molecule has 164 valence electrons. The zero-order chi connectivity index (χ0) is 22.6. The predicted molar refractivity (Wildman–Crippen MR) is 121 cm³/mol. The minimum atomic E-state index is -3.74. The number of benzene rings is 2. The van der Waals surface area contributed by atoms with Gasteiger partial charge in [0.2, 0.25) is 0 Å². The van der Waals surface area contributed by atoms with Gasteiger partial charge in [0.15, 0.2) is 14.6 Å². The molecule has 0 unspecified atom stereocenters. The first kappa shape index (κ1) is 23.5. The summed E-state index contributed by atoms with van der Waals surface area (Å²) in [6, 6.07) is 11.7. The Hall–Kier alpha value is -2.20. The molecule has 1 heterocycles. The molecule has 0 aliphatic heterocycles. The van der Waals surface area contributed by atoms with Crippen LogP contribution in [0.5, 0.6) is 0 Å². The Balaban J connectivity index is 1.98. The lowest BCUT2D eigenvalue weighted by Gasteiger charge is -2.06. The van der Waals surface area contributed by atoms with Crippen LogP contribution in [0.1, 0.15) is 12.5 Å². The van der Waals surface area contributed by atoms with Crippen molar-refractivity contribution in [2.75, 3.05) is 12.4 Å². The van der Waals surface area contributed by atoms with Gasteiger partial charge in [-0.05, 0) is 24.6 Å². The van der Waals surface area contributed by atoms with E-state index in [0.29, 0.717) is 25.8 Å². The van der Waals surface area contributed by atoms with Crippen LogP contribution in [0.4, 0.5) is 0 Å². The van der Waals surface area contributed by atoms with Crippen molar-refractivity contribution in [1.82, 2.24) is 4.57 Å². The van der Waals surface area contributed by atoms with E-state index in [-0.39, 0.29) is 23.7 Å². The van der Waals surface area contributed by atoms with E-state index >= 15 is 0 Å². The van der Waals surface area contributed by atoms with E-state index in [1.165, 1.54) is 4.57 Å². The van der Waals surface area contributed by atoms with Gasteiger partial charge in [0.1, 0.15) is 12.3 Å². The van der Waals surface area contributed by atoms with Gasteiger partial charge in [0.25, 0.3) is 5.91 Å². The van der Waals surface area contributed by atoms with Crippen molar-refractivity contribution in [3.63, 3.8) is 0 Å². The number of thiazole rings is 1. The molecule has 0 saturated heterocycles. The first-order valence-corrected chi connectivity index (χ1v) is 12.5. The normalized spacial score (nSPS) is 12.3. The minimum absolute atomic E-state index is 0.109. The predicted octanol–water partition coefficient (Wildman–Crippen LogP) is 3.62. The highest BCUT2D eigenvalue weighted by Gasteiger charge is 2.20. The average molecular weight is 501 g/mol. The molecule has 0 radical (unpaired) electrons. The number of hydrogen-bond donors (Lipinski definition) is 0. The van der Waals surface area contributed by atoms with Crippen molar-refractivity contribution in [2.45, 2.75) is 19.2 Å². The van der Waals surface area contributed by atoms with Crippen LogP contribution in [0.25, 0.3) is 10.2 Å². The fraction of sp³-hybridized carbons (Fsp3) is 0.250. The second-order valence-electron chi connectivity index (χ2n) is 6.51. The molecule has 2 aromatic carbocycles. The summed E-state index contributed by atoms with van der Waals surface area (Å²) in [5.41, 5.74) is 0.999. The summed E-state index contributed by atoms with van der Waals surface area (Å²) in [5, 5.41) is 0.679. The number of carbonyl (C=O) groups excluding carboxylic acids is 2. The highest BCUT2D eigenvalue weighted by atomic mass is 35.5. The van der Waals surface area contributed by atoms with E-state index < -0.39 is 27.5 Å². The topological polar surface area (TPSA) is 94.8 Å². The maximum Gasteiger partial charge on any atom is 0.326 e. The summed E-state index contributed by atoms with van der Waals surface area (Å²) < 4.78 is 31.8. The Morgan fingerprint density at radius 2 is 1.77 bits per heavy atom. The van der Waals surface area contributed by atoms with Gasteiger partial charge in [-0.15, -0.1) is 0 Å². The molecule has 31 heavy (non-hydrogen) atoms. The van der Waals surface area contributed by atoms with Crippen LogP contribution in [0.3, 0.4) is 0 Å². The molecule has 0 aliphatic rings. The summed E-state index contributed by atoms with van der Waals surface area (Å²) in [6.07, 6.45) is 0. The van der Waals surface area contributed by atoms with E-state index in [4.69, 9.17) is 27.9 Å². The summed E-state index contributed by atoms with van der Waals surface area (Å²) in [6.45, 7) is 1.60. The van der Waals surface area contributed by atoms with Gasteiger partial charge in [0, 0.05) is 0 Å². The lowest BCUT2D eigenvalue weighted by atomic mass is 10.2. The van der Waals surface area contributed by atoms with Crippen LogP contribution in [-0.4, -0.2) is 37.2 Å². The monoisotopic (exact) mass is 500 g/mol. The number of nitrogens with zero attached hydrogens (tertiary/aromatic N) is 2. The van der Waals surface area contributed by atoms with Gasteiger partial charge in [-0.25, -0.2) is 8.42 Å². The van der Waals surface area contributed by atoms with Crippen LogP contribution in [0.15, 0.2) is 47.5 Å². The van der Waals surface area contributed by atoms with Crippen molar-refractivity contribution < 1.29 is 22.7 Å². The van der Waals surface area contributed by atoms with Crippen molar-refractivity contribution in [2.24, 2.45) is 4.99 Å². The minimum Gasteiger partial charge on any atom is -0.465 e. The summed E-state index contributed by atoms with van der Waals surface area (Å²) in [4.78, 5) is 28.6. The zero-order valence-electron chi connectivity index (χ0n) is 16.4. The second kappa shape index (κ2) is 9.95. The summed E-state index contributed by atoms with van der Waals surface area (Å²) in [5.74, 6) is -2.45. The number of hydrogen-bond acceptors (Lipinski definition) is 6. The molecular formula is C20H18Cl2N2O5S2. The number of carbonyl (C=O) groups is 2. The van der Waals surface area contributed by atoms with Gasteiger partial charge in [0.05, 0.1) is 32.6 Å². The number of ether oxygens (including phenoxy) is 1. The lowest BCUT2D eigenvalue weighted by Crippen LogP contribution is -2.25. The van der Waals surface area contributed by atoms with Crippen molar-refractivity contribution in [3.05, 3.63) is 62.9 Å². The highest BCUT2D eigenvalue weighted by Crippen LogP contribution is 2.31. The smallest absolute Gasteiger partial charge is 0.326 e. The largest absolute Gasteiger partial charge is 0.465 e. The number of halogens is 2. The maximum absolute atomic E-state index is 12.5. The van der Waals surface area contributed by atoms with Gasteiger partial charge < -0.3 is 9.30 Å². The summed E-state index contributed by atoms with van der Waals surface area (Å²) in [7, 11) is -3.74. The standard InChI is InChI=1S/C20H18Cl2N2O5S2/c1-2-29-17(26)10-24-18-14(21)8-9-15(22)19(18)30-20(24)23-16(25)12-31(27,28)11-13-6-4-3-5-7-13/h3-9H,2,10-12H2,1H3. The Morgan fingerprint density at radius 3 is 2.45 bits per heavy atom. The van der Waals surface area contributed by atoms with Crippen LogP contribution in [0, 0.1) is 0 Å². The van der Waals surface area contributed by atoms with E-state index in [0.717, 1.165) is 11.3 Å². The molecule has 3 rings (SSSR count). The molecular weight excluding hydrogens is 483 g/mol. The van der Waals surface area contributed by atoms with Gasteiger partial charge in [-0.1, -0.05) is 64.9 Å². The Labute approximate surface area is 192 Å². The number of sulfone groups is 1. The number of esters is 1. The molecule has 3 aromatic rings. The third kappa shape index (κ3) is 5.94. The quantitative estimate of drug-likeness (QED) is 0.461. The zero-order valence-corrected chi connectivity index (χ0v) is 19.5. The third-order valence-corrected chi connectivity index (χ3v) is 7.42. The van der Waals surface area contributed by atoms with Crippen molar-refractivity contribution >= 4 is 66.5 Å². The second-order valence-corrected chi connectivity index (χ2v) is 10.4. The molecule has 0 fully saturated rings. The SMILES string of the molecule is CCOC(=O)Cn1c(=NC(=O)CS(=O)(=O)Cc2ccccc2)sc2c(Cl)ccc(Cl)c21. The molecule has 0 bridgehead atoms. The van der Waals surface area contributed by atoms with Crippen molar-refractivity contribution in [1.29, 1.82) is 0 Å². The number of fused-ring (bicyclic) bond motifs is 1. The van der Waals surface area contributed by atoms with Crippen LogP contribution >= 0.6 is 34.5 Å².